The average Bonchev–Trinajstić information content (AvgIpc) is 2.73. The van der Waals surface area contributed by atoms with Gasteiger partial charge in [0.2, 0.25) is 0 Å². The van der Waals surface area contributed by atoms with E-state index in [2.05, 4.69) is 13.8 Å². The summed E-state index contributed by atoms with van der Waals surface area (Å²) >= 11 is 0. The van der Waals surface area contributed by atoms with Gasteiger partial charge in [0.25, 0.3) is 0 Å². The molecule has 1 heterocycles. The molecule has 0 bridgehead atoms. The largest absolute Gasteiger partial charge is 0.469 e. The summed E-state index contributed by atoms with van der Waals surface area (Å²) in [5.74, 6) is 0.741. The molecule has 0 radical (unpaired) electrons. The van der Waals surface area contributed by atoms with E-state index in [-0.39, 0.29) is 11.9 Å². The van der Waals surface area contributed by atoms with E-state index in [0.29, 0.717) is 6.42 Å². The maximum atomic E-state index is 11.6. The van der Waals surface area contributed by atoms with Crippen molar-refractivity contribution in [2.75, 3.05) is 0 Å². The van der Waals surface area contributed by atoms with Crippen LogP contribution in [0.2, 0.25) is 0 Å². The Hall–Kier alpha value is -1.29. The maximum Gasteiger partial charge on any atom is 0.303 e. The molecular formula is C17H24O4. The van der Waals surface area contributed by atoms with Crippen molar-refractivity contribution in [2.45, 2.75) is 65.1 Å². The van der Waals surface area contributed by atoms with Gasteiger partial charge in [0.05, 0.1) is 11.9 Å². The molecule has 2 aliphatic carbocycles. The van der Waals surface area contributed by atoms with Gasteiger partial charge in [-0.1, -0.05) is 20.3 Å². The van der Waals surface area contributed by atoms with Crippen molar-refractivity contribution in [3.05, 3.63) is 23.2 Å². The van der Waals surface area contributed by atoms with Crippen LogP contribution in [-0.2, 0) is 16.0 Å². The lowest BCUT2D eigenvalue weighted by Crippen LogP contribution is -2.60. The fourth-order valence-electron chi connectivity index (χ4n) is 4.42. The molecule has 4 heteroatoms. The molecule has 1 saturated carbocycles. The Morgan fingerprint density at radius 3 is 2.90 bits per heavy atom. The van der Waals surface area contributed by atoms with Gasteiger partial charge in [-0.2, -0.15) is 0 Å². The number of aryl methyl sites for hydroxylation is 1. The number of carbonyl (C=O) groups excluding carboxylic acids is 1. The Bertz CT molecular complexity index is 575. The number of carbonyl (C=O) groups is 1. The van der Waals surface area contributed by atoms with Crippen molar-refractivity contribution in [1.82, 2.24) is 0 Å². The maximum absolute atomic E-state index is 11.6. The molecular weight excluding hydrogens is 268 g/mol. The Balaban J connectivity index is 2.19. The zero-order valence-electron chi connectivity index (χ0n) is 13.2. The lowest BCUT2D eigenvalue weighted by Gasteiger charge is -2.57. The molecule has 0 spiro atoms. The van der Waals surface area contributed by atoms with Gasteiger partial charge in [0.1, 0.15) is 11.9 Å². The standard InChI is InChI=1S/C17H24O4/c1-10-9-20-13-8-17(19)7-5-6-11(2)16(17,4)15(14(10)13)21-12(3)18/h9,11,15,19H,5-8H2,1-4H3. The van der Waals surface area contributed by atoms with E-state index in [0.717, 1.165) is 36.1 Å². The minimum absolute atomic E-state index is 0.281. The second kappa shape index (κ2) is 4.60. The van der Waals surface area contributed by atoms with Crippen LogP contribution in [0.15, 0.2) is 10.7 Å². The van der Waals surface area contributed by atoms with Gasteiger partial charge in [-0.05, 0) is 31.2 Å². The summed E-state index contributed by atoms with van der Waals surface area (Å²) in [6, 6.07) is 0. The fourth-order valence-corrected chi connectivity index (χ4v) is 4.42. The van der Waals surface area contributed by atoms with Crippen LogP contribution in [0.3, 0.4) is 0 Å². The topological polar surface area (TPSA) is 59.7 Å². The second-order valence-electron chi connectivity index (χ2n) is 7.03. The highest BCUT2D eigenvalue weighted by molar-refractivity contribution is 5.66. The first-order valence-electron chi connectivity index (χ1n) is 7.76. The van der Waals surface area contributed by atoms with Gasteiger partial charge < -0.3 is 14.3 Å². The van der Waals surface area contributed by atoms with Crippen LogP contribution in [0, 0.1) is 18.3 Å². The van der Waals surface area contributed by atoms with Gasteiger partial charge in [0.15, 0.2) is 0 Å². The fraction of sp³-hybridized carbons (Fsp3) is 0.706. The van der Waals surface area contributed by atoms with E-state index in [9.17, 15) is 9.90 Å². The van der Waals surface area contributed by atoms with Crippen molar-refractivity contribution < 1.29 is 19.1 Å². The molecule has 1 N–H and O–H groups in total. The molecule has 4 unspecified atom stereocenters. The summed E-state index contributed by atoms with van der Waals surface area (Å²) in [4.78, 5) is 11.6. The van der Waals surface area contributed by atoms with E-state index in [4.69, 9.17) is 9.15 Å². The minimum Gasteiger partial charge on any atom is -0.469 e. The zero-order chi connectivity index (χ0) is 15.4. The van der Waals surface area contributed by atoms with E-state index < -0.39 is 17.1 Å². The van der Waals surface area contributed by atoms with Crippen molar-refractivity contribution in [1.29, 1.82) is 0 Å². The number of aliphatic hydroxyl groups is 1. The van der Waals surface area contributed by atoms with Crippen LogP contribution < -0.4 is 0 Å². The van der Waals surface area contributed by atoms with Crippen molar-refractivity contribution in [2.24, 2.45) is 11.3 Å². The monoisotopic (exact) mass is 292 g/mol. The van der Waals surface area contributed by atoms with Crippen molar-refractivity contribution >= 4 is 5.97 Å². The first kappa shape index (κ1) is 14.6. The molecule has 3 rings (SSSR count). The molecule has 1 fully saturated rings. The normalized spacial score (nSPS) is 38.5. The highest BCUT2D eigenvalue weighted by Gasteiger charge is 2.62. The molecule has 4 atom stereocenters. The summed E-state index contributed by atoms with van der Waals surface area (Å²) in [5.41, 5.74) is 0.615. The van der Waals surface area contributed by atoms with Gasteiger partial charge in [-0.15, -0.1) is 0 Å². The first-order chi connectivity index (χ1) is 9.79. The number of rotatable bonds is 1. The smallest absolute Gasteiger partial charge is 0.303 e. The summed E-state index contributed by atoms with van der Waals surface area (Å²) < 4.78 is 11.3. The van der Waals surface area contributed by atoms with E-state index in [1.54, 1.807) is 6.26 Å². The quantitative estimate of drug-likeness (QED) is 0.807. The van der Waals surface area contributed by atoms with Gasteiger partial charge >= 0.3 is 5.97 Å². The number of fused-ring (bicyclic) bond motifs is 2. The summed E-state index contributed by atoms with van der Waals surface area (Å²) in [6.07, 6.45) is 4.55. The highest BCUT2D eigenvalue weighted by atomic mass is 16.5. The van der Waals surface area contributed by atoms with Crippen molar-refractivity contribution in [3.63, 3.8) is 0 Å². The first-order valence-corrected chi connectivity index (χ1v) is 7.76. The predicted molar refractivity (Wildman–Crippen MR) is 77.7 cm³/mol. The van der Waals surface area contributed by atoms with Gasteiger partial charge in [0, 0.05) is 24.3 Å². The summed E-state index contributed by atoms with van der Waals surface area (Å²) in [5, 5.41) is 11.3. The number of esters is 1. The number of ether oxygens (including phenoxy) is 1. The molecule has 21 heavy (non-hydrogen) atoms. The Kier molecular flexibility index (Phi) is 3.21. The van der Waals surface area contributed by atoms with Crippen LogP contribution >= 0.6 is 0 Å². The molecule has 4 nitrogen and oxygen atoms in total. The zero-order valence-corrected chi connectivity index (χ0v) is 13.2. The lowest BCUT2D eigenvalue weighted by molar-refractivity contribution is -0.211. The van der Waals surface area contributed by atoms with Crippen LogP contribution in [0.4, 0.5) is 0 Å². The van der Waals surface area contributed by atoms with Gasteiger partial charge in [-0.25, -0.2) is 0 Å². The Morgan fingerprint density at radius 1 is 1.52 bits per heavy atom. The Morgan fingerprint density at radius 2 is 2.24 bits per heavy atom. The SMILES string of the molecule is CC(=O)OC1c2c(C)coc2CC2(O)CCCC(C)C12C. The van der Waals surface area contributed by atoms with E-state index in [1.807, 2.05) is 6.92 Å². The number of hydrogen-bond acceptors (Lipinski definition) is 4. The van der Waals surface area contributed by atoms with Crippen LogP contribution in [0.25, 0.3) is 0 Å². The Labute approximate surface area is 125 Å². The molecule has 2 aliphatic rings. The minimum atomic E-state index is -0.873. The molecule has 116 valence electrons. The third-order valence-electron chi connectivity index (χ3n) is 5.90. The highest BCUT2D eigenvalue weighted by Crippen LogP contribution is 2.61. The number of furan rings is 1. The number of hydrogen-bond donors (Lipinski definition) is 1. The third-order valence-corrected chi connectivity index (χ3v) is 5.90. The third kappa shape index (κ3) is 1.88. The van der Waals surface area contributed by atoms with E-state index in [1.165, 1.54) is 6.92 Å². The molecule has 0 amide bonds. The summed E-state index contributed by atoms with van der Waals surface area (Å²) in [7, 11) is 0. The molecule has 0 saturated heterocycles. The van der Waals surface area contributed by atoms with Crippen LogP contribution in [0.5, 0.6) is 0 Å². The predicted octanol–water partition coefficient (Wildman–Crippen LogP) is 3.31. The molecule has 0 aromatic carbocycles. The van der Waals surface area contributed by atoms with Gasteiger partial charge in [-0.3, -0.25) is 4.79 Å². The summed E-state index contributed by atoms with van der Waals surface area (Å²) in [6.45, 7) is 7.63. The van der Waals surface area contributed by atoms with Crippen LogP contribution in [0.1, 0.15) is 63.0 Å². The van der Waals surface area contributed by atoms with Crippen molar-refractivity contribution in [3.8, 4) is 0 Å². The molecule has 1 aromatic rings. The lowest BCUT2D eigenvalue weighted by atomic mass is 9.51. The molecule has 0 aliphatic heterocycles. The molecule has 1 aromatic heterocycles. The average molecular weight is 292 g/mol. The second-order valence-corrected chi connectivity index (χ2v) is 7.03. The van der Waals surface area contributed by atoms with Crippen LogP contribution in [-0.4, -0.2) is 16.7 Å². The van der Waals surface area contributed by atoms with E-state index >= 15 is 0 Å².